The van der Waals surface area contributed by atoms with Crippen LogP contribution in [0.3, 0.4) is 0 Å². The van der Waals surface area contributed by atoms with E-state index in [-0.39, 0.29) is 12.3 Å². The number of carbonyl (C=O) groups excluding carboxylic acids is 1. The van der Waals surface area contributed by atoms with Gasteiger partial charge in [-0.05, 0) is 12.5 Å². The fraction of sp³-hybridized carbons (Fsp3) is 0.273. The molecular formula is C11H13NO4. The molecular weight excluding hydrogens is 210 g/mol. The quantitative estimate of drug-likeness (QED) is 0.719. The van der Waals surface area contributed by atoms with Crippen LogP contribution >= 0.6 is 0 Å². The van der Waals surface area contributed by atoms with Gasteiger partial charge in [0.1, 0.15) is 0 Å². The maximum Gasteiger partial charge on any atom is 0.332 e. The third-order valence-electron chi connectivity index (χ3n) is 1.83. The highest BCUT2D eigenvalue weighted by molar-refractivity contribution is 5.77. The summed E-state index contributed by atoms with van der Waals surface area (Å²) in [6.07, 6.45) is 0.168. The maximum atomic E-state index is 11.3. The van der Waals surface area contributed by atoms with Gasteiger partial charge in [0.05, 0.1) is 6.42 Å². The highest BCUT2D eigenvalue weighted by atomic mass is 16.7. The van der Waals surface area contributed by atoms with Crippen LogP contribution in [0.1, 0.15) is 11.1 Å². The summed E-state index contributed by atoms with van der Waals surface area (Å²) in [5.74, 6) is -1.50. The number of carbonyl (C=O) groups is 2. The molecule has 0 spiro atoms. The average Bonchev–Trinajstić information content (AvgIpc) is 2.16. The Morgan fingerprint density at radius 3 is 2.81 bits per heavy atom. The van der Waals surface area contributed by atoms with E-state index in [1.165, 1.54) is 0 Å². The Balaban J connectivity index is 2.37. The number of amides is 1. The Bertz CT molecular complexity index is 389. The topological polar surface area (TPSA) is 75.6 Å². The van der Waals surface area contributed by atoms with Crippen molar-refractivity contribution in [1.82, 2.24) is 5.48 Å². The number of hydroxylamine groups is 1. The third-order valence-corrected chi connectivity index (χ3v) is 1.83. The summed E-state index contributed by atoms with van der Waals surface area (Å²) in [6, 6.07) is 7.50. The number of hydrogen-bond donors (Lipinski definition) is 2. The first-order valence-electron chi connectivity index (χ1n) is 4.76. The van der Waals surface area contributed by atoms with Crippen LogP contribution in [0.5, 0.6) is 0 Å². The van der Waals surface area contributed by atoms with Crippen LogP contribution < -0.4 is 5.48 Å². The zero-order chi connectivity index (χ0) is 12.0. The molecule has 5 nitrogen and oxygen atoms in total. The third kappa shape index (κ3) is 4.56. The first-order valence-corrected chi connectivity index (χ1v) is 4.76. The van der Waals surface area contributed by atoms with Crippen LogP contribution in [0.2, 0.25) is 0 Å². The van der Waals surface area contributed by atoms with Gasteiger partial charge in [0, 0.05) is 0 Å². The van der Waals surface area contributed by atoms with Crippen molar-refractivity contribution in [3.8, 4) is 0 Å². The lowest BCUT2D eigenvalue weighted by Gasteiger charge is -2.04. The summed E-state index contributed by atoms with van der Waals surface area (Å²) in [6.45, 7) is 1.39. The second-order valence-corrected chi connectivity index (χ2v) is 3.37. The molecule has 0 aliphatic rings. The lowest BCUT2D eigenvalue weighted by molar-refractivity contribution is -0.149. The van der Waals surface area contributed by atoms with Crippen molar-refractivity contribution in [2.75, 3.05) is 6.61 Å². The van der Waals surface area contributed by atoms with E-state index in [1.807, 2.05) is 31.2 Å². The number of carboxylic acids is 1. The number of rotatable bonds is 5. The van der Waals surface area contributed by atoms with Gasteiger partial charge in [0.15, 0.2) is 6.61 Å². The van der Waals surface area contributed by atoms with Crippen molar-refractivity contribution >= 4 is 11.9 Å². The molecule has 1 rings (SSSR count). The molecule has 0 heterocycles. The molecule has 1 aromatic carbocycles. The Hall–Kier alpha value is -1.88. The van der Waals surface area contributed by atoms with Crippen LogP contribution in [-0.4, -0.2) is 23.6 Å². The lowest BCUT2D eigenvalue weighted by atomic mass is 10.1. The van der Waals surface area contributed by atoms with Gasteiger partial charge in [-0.3, -0.25) is 9.63 Å². The zero-order valence-corrected chi connectivity index (χ0v) is 8.90. The molecule has 0 bridgehead atoms. The first kappa shape index (κ1) is 12.2. The molecule has 0 aliphatic heterocycles. The Morgan fingerprint density at radius 1 is 1.44 bits per heavy atom. The molecule has 0 aromatic heterocycles. The summed E-state index contributed by atoms with van der Waals surface area (Å²) in [7, 11) is 0. The van der Waals surface area contributed by atoms with Crippen molar-refractivity contribution < 1.29 is 19.5 Å². The van der Waals surface area contributed by atoms with E-state index in [4.69, 9.17) is 5.11 Å². The molecule has 0 fully saturated rings. The second-order valence-electron chi connectivity index (χ2n) is 3.37. The average molecular weight is 223 g/mol. The highest BCUT2D eigenvalue weighted by Crippen LogP contribution is 2.04. The van der Waals surface area contributed by atoms with Crippen molar-refractivity contribution in [2.24, 2.45) is 0 Å². The fourth-order valence-electron chi connectivity index (χ4n) is 1.22. The van der Waals surface area contributed by atoms with E-state index in [1.54, 1.807) is 0 Å². The molecule has 0 aliphatic carbocycles. The lowest BCUT2D eigenvalue weighted by Crippen LogP contribution is -2.27. The minimum Gasteiger partial charge on any atom is -0.479 e. The molecule has 1 amide bonds. The molecule has 1 aromatic rings. The largest absolute Gasteiger partial charge is 0.479 e. The summed E-state index contributed by atoms with van der Waals surface area (Å²) in [4.78, 5) is 25.8. The summed E-state index contributed by atoms with van der Waals surface area (Å²) >= 11 is 0. The standard InChI is InChI=1S/C11H13NO4/c1-8-3-2-4-9(5-8)6-10(13)12-16-7-11(14)15/h2-5H,6-7H2,1H3,(H,12,13)(H,14,15). The predicted octanol–water partition coefficient (Wildman–Crippen LogP) is 0.670. The predicted molar refractivity (Wildman–Crippen MR) is 56.6 cm³/mol. The SMILES string of the molecule is Cc1cccc(CC(=O)NOCC(=O)O)c1. The minimum atomic E-state index is -1.13. The van der Waals surface area contributed by atoms with Crippen molar-refractivity contribution in [3.63, 3.8) is 0 Å². The molecule has 0 unspecified atom stereocenters. The van der Waals surface area contributed by atoms with Gasteiger partial charge >= 0.3 is 5.97 Å². The first-order chi connectivity index (χ1) is 7.58. The molecule has 0 radical (unpaired) electrons. The Kier molecular flexibility index (Phi) is 4.47. The summed E-state index contributed by atoms with van der Waals surface area (Å²) < 4.78 is 0. The number of aryl methyl sites for hydroxylation is 1. The van der Waals surface area contributed by atoms with Crippen molar-refractivity contribution in [2.45, 2.75) is 13.3 Å². The van der Waals surface area contributed by atoms with Crippen LogP contribution in [0, 0.1) is 6.92 Å². The minimum absolute atomic E-state index is 0.168. The van der Waals surface area contributed by atoms with Gasteiger partial charge in [0.2, 0.25) is 5.91 Å². The number of hydrogen-bond acceptors (Lipinski definition) is 3. The van der Waals surface area contributed by atoms with E-state index >= 15 is 0 Å². The van der Waals surface area contributed by atoms with Gasteiger partial charge in [0.25, 0.3) is 0 Å². The van der Waals surface area contributed by atoms with E-state index in [2.05, 4.69) is 10.3 Å². The van der Waals surface area contributed by atoms with Crippen molar-refractivity contribution in [3.05, 3.63) is 35.4 Å². The van der Waals surface area contributed by atoms with Gasteiger partial charge in [-0.2, -0.15) is 0 Å². The fourth-order valence-corrected chi connectivity index (χ4v) is 1.22. The monoisotopic (exact) mass is 223 g/mol. The molecule has 16 heavy (non-hydrogen) atoms. The summed E-state index contributed by atoms with van der Waals surface area (Å²) in [5, 5.41) is 8.28. The van der Waals surface area contributed by atoms with E-state index in [9.17, 15) is 9.59 Å². The zero-order valence-electron chi connectivity index (χ0n) is 8.90. The highest BCUT2D eigenvalue weighted by Gasteiger charge is 2.04. The van der Waals surface area contributed by atoms with Gasteiger partial charge < -0.3 is 5.11 Å². The molecule has 0 saturated heterocycles. The number of benzene rings is 1. The molecule has 0 saturated carbocycles. The van der Waals surface area contributed by atoms with Crippen molar-refractivity contribution in [1.29, 1.82) is 0 Å². The van der Waals surface area contributed by atoms with Crippen LogP contribution in [0.15, 0.2) is 24.3 Å². The molecule has 2 N–H and O–H groups in total. The van der Waals surface area contributed by atoms with E-state index in [0.717, 1.165) is 11.1 Å². The second kappa shape index (κ2) is 5.87. The normalized spacial score (nSPS) is 9.81. The van der Waals surface area contributed by atoms with Crippen LogP contribution in [0.4, 0.5) is 0 Å². The number of aliphatic carboxylic acids is 1. The molecule has 5 heteroatoms. The number of carboxylic acid groups (broad SMARTS) is 1. The van der Waals surface area contributed by atoms with E-state index in [0.29, 0.717) is 0 Å². The van der Waals surface area contributed by atoms with E-state index < -0.39 is 12.6 Å². The van der Waals surface area contributed by atoms with Crippen LogP contribution in [-0.2, 0) is 20.8 Å². The number of nitrogens with one attached hydrogen (secondary N) is 1. The Morgan fingerprint density at radius 2 is 2.19 bits per heavy atom. The summed E-state index contributed by atoms with van der Waals surface area (Å²) in [5.41, 5.74) is 3.99. The van der Waals surface area contributed by atoms with Gasteiger partial charge in [-0.1, -0.05) is 29.8 Å². The van der Waals surface area contributed by atoms with Gasteiger partial charge in [-0.25, -0.2) is 10.3 Å². The van der Waals surface area contributed by atoms with Crippen LogP contribution in [0.25, 0.3) is 0 Å². The van der Waals surface area contributed by atoms with Gasteiger partial charge in [-0.15, -0.1) is 0 Å². The Labute approximate surface area is 93.0 Å². The smallest absolute Gasteiger partial charge is 0.332 e. The molecule has 86 valence electrons. The maximum absolute atomic E-state index is 11.3. The molecule has 0 atom stereocenters.